The van der Waals surface area contributed by atoms with E-state index in [1.807, 2.05) is 72.8 Å². The van der Waals surface area contributed by atoms with Crippen molar-refractivity contribution >= 4 is 23.7 Å². The Labute approximate surface area is 152 Å². The highest BCUT2D eigenvalue weighted by Gasteiger charge is 2.22. The molecule has 3 aromatic rings. The second-order valence-corrected chi connectivity index (χ2v) is 5.98. The molecule has 0 radical (unpaired) electrons. The van der Waals surface area contributed by atoms with Crippen molar-refractivity contribution in [2.24, 2.45) is 5.10 Å². The van der Waals surface area contributed by atoms with Crippen molar-refractivity contribution in [2.75, 3.05) is 0 Å². The Morgan fingerprint density at radius 1 is 0.880 bits per heavy atom. The molecule has 3 nitrogen and oxygen atoms in total. The summed E-state index contributed by atoms with van der Waals surface area (Å²) in [6.45, 7) is 0. The Bertz CT molecular complexity index is 824. The fraction of sp³-hybridized carbons (Fsp3) is 0.0476. The molecule has 1 amide bonds. The van der Waals surface area contributed by atoms with Gasteiger partial charge in [-0.25, -0.2) is 5.43 Å². The van der Waals surface area contributed by atoms with Crippen molar-refractivity contribution in [2.45, 2.75) is 5.92 Å². The first-order valence-corrected chi connectivity index (χ1v) is 8.30. The van der Waals surface area contributed by atoms with Crippen LogP contribution in [0.1, 0.15) is 22.6 Å². The van der Waals surface area contributed by atoms with Crippen LogP contribution in [0, 0.1) is 0 Å². The van der Waals surface area contributed by atoms with Crippen LogP contribution in [-0.2, 0) is 4.79 Å². The number of hydrogen-bond acceptors (Lipinski definition) is 2. The Morgan fingerprint density at radius 2 is 1.48 bits per heavy atom. The molecule has 3 rings (SSSR count). The maximum absolute atomic E-state index is 12.8. The molecule has 0 unspecified atom stereocenters. The Hall–Kier alpha value is -2.91. The van der Waals surface area contributed by atoms with E-state index >= 15 is 0 Å². The molecule has 0 spiro atoms. The summed E-state index contributed by atoms with van der Waals surface area (Å²) in [5, 5.41) is 4.70. The molecule has 0 heterocycles. The van der Waals surface area contributed by atoms with Crippen LogP contribution >= 0.6 is 11.6 Å². The number of rotatable bonds is 5. The standard InChI is InChI=1S/C21H17ClN2O/c22-19-13-7-8-16(14-19)15-23-24-21(25)20(17-9-3-1-4-10-17)18-11-5-2-6-12-18/h1-15,20H,(H,24,25)/b23-15+. The van der Waals surface area contributed by atoms with Gasteiger partial charge in [-0.05, 0) is 28.8 Å². The predicted octanol–water partition coefficient (Wildman–Crippen LogP) is 4.62. The monoisotopic (exact) mass is 348 g/mol. The van der Waals surface area contributed by atoms with Gasteiger partial charge in [0.1, 0.15) is 0 Å². The molecule has 1 N–H and O–H groups in total. The van der Waals surface area contributed by atoms with Gasteiger partial charge < -0.3 is 0 Å². The molecular formula is C21H17ClN2O. The summed E-state index contributed by atoms with van der Waals surface area (Å²) < 4.78 is 0. The molecule has 0 saturated heterocycles. The van der Waals surface area contributed by atoms with Crippen LogP contribution in [0.15, 0.2) is 90.0 Å². The number of nitrogens with zero attached hydrogens (tertiary/aromatic N) is 1. The SMILES string of the molecule is O=C(N/N=C/c1cccc(Cl)c1)C(c1ccccc1)c1ccccc1. The van der Waals surface area contributed by atoms with Crippen molar-refractivity contribution in [3.05, 3.63) is 107 Å². The van der Waals surface area contributed by atoms with E-state index in [0.717, 1.165) is 16.7 Å². The zero-order valence-corrected chi connectivity index (χ0v) is 14.2. The van der Waals surface area contributed by atoms with Crippen molar-refractivity contribution in [3.8, 4) is 0 Å². The van der Waals surface area contributed by atoms with E-state index < -0.39 is 5.92 Å². The summed E-state index contributed by atoms with van der Waals surface area (Å²) in [6, 6.07) is 26.6. The number of hydrogen-bond donors (Lipinski definition) is 1. The van der Waals surface area contributed by atoms with E-state index in [-0.39, 0.29) is 5.91 Å². The smallest absolute Gasteiger partial charge is 0.252 e. The van der Waals surface area contributed by atoms with Crippen LogP contribution in [0.5, 0.6) is 0 Å². The number of nitrogens with one attached hydrogen (secondary N) is 1. The third kappa shape index (κ3) is 4.55. The Balaban J connectivity index is 1.80. The van der Waals surface area contributed by atoms with E-state index in [4.69, 9.17) is 11.6 Å². The summed E-state index contributed by atoms with van der Waals surface area (Å²) in [5.41, 5.74) is 5.30. The first-order valence-electron chi connectivity index (χ1n) is 7.92. The van der Waals surface area contributed by atoms with Gasteiger partial charge in [0.05, 0.1) is 12.1 Å². The number of halogens is 1. The third-order valence-corrected chi connectivity index (χ3v) is 4.00. The average molecular weight is 349 g/mol. The molecule has 0 aliphatic carbocycles. The van der Waals surface area contributed by atoms with Gasteiger partial charge in [0, 0.05) is 5.02 Å². The lowest BCUT2D eigenvalue weighted by atomic mass is 9.91. The minimum atomic E-state index is -0.418. The number of carbonyl (C=O) groups excluding carboxylic acids is 1. The summed E-state index contributed by atoms with van der Waals surface area (Å²) in [5.74, 6) is -0.602. The molecule has 0 aliphatic heterocycles. The predicted molar refractivity (Wildman–Crippen MR) is 102 cm³/mol. The fourth-order valence-corrected chi connectivity index (χ4v) is 2.81. The number of carbonyl (C=O) groups is 1. The van der Waals surface area contributed by atoms with E-state index in [1.54, 1.807) is 18.3 Å². The van der Waals surface area contributed by atoms with Gasteiger partial charge in [0.2, 0.25) is 0 Å². The number of hydrazone groups is 1. The van der Waals surface area contributed by atoms with Gasteiger partial charge in [-0.3, -0.25) is 4.79 Å². The molecule has 3 aromatic carbocycles. The third-order valence-electron chi connectivity index (χ3n) is 3.77. The van der Waals surface area contributed by atoms with E-state index in [0.29, 0.717) is 5.02 Å². The second kappa shape index (κ2) is 8.27. The summed E-state index contributed by atoms with van der Waals surface area (Å²) in [4.78, 5) is 12.8. The normalized spacial score (nSPS) is 11.0. The van der Waals surface area contributed by atoms with E-state index in [2.05, 4.69) is 10.5 Å². The number of benzene rings is 3. The molecule has 0 saturated carbocycles. The van der Waals surface area contributed by atoms with Crippen molar-refractivity contribution in [3.63, 3.8) is 0 Å². The van der Waals surface area contributed by atoms with E-state index in [9.17, 15) is 4.79 Å². The lowest BCUT2D eigenvalue weighted by Crippen LogP contribution is -2.26. The molecule has 25 heavy (non-hydrogen) atoms. The lowest BCUT2D eigenvalue weighted by Gasteiger charge is -2.16. The second-order valence-electron chi connectivity index (χ2n) is 5.54. The zero-order valence-electron chi connectivity index (χ0n) is 13.5. The minimum Gasteiger partial charge on any atom is -0.272 e. The fourth-order valence-electron chi connectivity index (χ4n) is 2.61. The van der Waals surface area contributed by atoms with Gasteiger partial charge in [0.25, 0.3) is 5.91 Å². The zero-order chi connectivity index (χ0) is 17.5. The lowest BCUT2D eigenvalue weighted by molar-refractivity contribution is -0.121. The molecule has 4 heteroatoms. The van der Waals surface area contributed by atoms with Crippen molar-refractivity contribution < 1.29 is 4.79 Å². The highest BCUT2D eigenvalue weighted by atomic mass is 35.5. The summed E-state index contributed by atoms with van der Waals surface area (Å²) >= 11 is 5.95. The topological polar surface area (TPSA) is 41.5 Å². The molecule has 0 aliphatic rings. The summed E-state index contributed by atoms with van der Waals surface area (Å²) in [7, 11) is 0. The summed E-state index contributed by atoms with van der Waals surface area (Å²) in [6.07, 6.45) is 1.58. The molecule has 0 atom stereocenters. The molecule has 124 valence electrons. The van der Waals surface area contributed by atoms with Crippen LogP contribution in [-0.4, -0.2) is 12.1 Å². The maximum atomic E-state index is 12.8. The Morgan fingerprint density at radius 3 is 2.04 bits per heavy atom. The van der Waals surface area contributed by atoms with Crippen LogP contribution < -0.4 is 5.43 Å². The molecule has 0 aromatic heterocycles. The van der Waals surface area contributed by atoms with Crippen LogP contribution in [0.25, 0.3) is 0 Å². The first kappa shape index (κ1) is 16.9. The maximum Gasteiger partial charge on any atom is 0.252 e. The molecule has 0 fully saturated rings. The molecular weight excluding hydrogens is 332 g/mol. The number of amides is 1. The van der Waals surface area contributed by atoms with Gasteiger partial charge in [-0.1, -0.05) is 84.4 Å². The highest BCUT2D eigenvalue weighted by Crippen LogP contribution is 2.24. The quantitative estimate of drug-likeness (QED) is 0.530. The van der Waals surface area contributed by atoms with Crippen LogP contribution in [0.2, 0.25) is 5.02 Å². The Kier molecular flexibility index (Phi) is 5.60. The van der Waals surface area contributed by atoms with Crippen LogP contribution in [0.3, 0.4) is 0 Å². The average Bonchev–Trinajstić information content (AvgIpc) is 2.64. The van der Waals surface area contributed by atoms with E-state index in [1.165, 1.54) is 0 Å². The largest absolute Gasteiger partial charge is 0.272 e. The van der Waals surface area contributed by atoms with Crippen LogP contribution in [0.4, 0.5) is 0 Å². The van der Waals surface area contributed by atoms with Crippen molar-refractivity contribution in [1.82, 2.24) is 5.43 Å². The minimum absolute atomic E-state index is 0.185. The first-order chi connectivity index (χ1) is 12.2. The highest BCUT2D eigenvalue weighted by molar-refractivity contribution is 6.30. The van der Waals surface area contributed by atoms with Gasteiger partial charge in [0.15, 0.2) is 0 Å². The van der Waals surface area contributed by atoms with Gasteiger partial charge >= 0.3 is 0 Å². The molecule has 0 bridgehead atoms. The van der Waals surface area contributed by atoms with Gasteiger partial charge in [-0.15, -0.1) is 0 Å². The van der Waals surface area contributed by atoms with Crippen molar-refractivity contribution in [1.29, 1.82) is 0 Å². The van der Waals surface area contributed by atoms with Gasteiger partial charge in [-0.2, -0.15) is 5.10 Å².